The highest BCUT2D eigenvalue weighted by atomic mass is 16.2. The molecule has 0 spiro atoms. The Morgan fingerprint density at radius 2 is 2.24 bits per heavy atom. The quantitative estimate of drug-likeness (QED) is 0.903. The van der Waals surface area contributed by atoms with E-state index >= 15 is 0 Å². The Balaban J connectivity index is 2.04. The summed E-state index contributed by atoms with van der Waals surface area (Å²) in [5.74, 6) is 0.886. The molecule has 1 amide bonds. The zero-order chi connectivity index (χ0) is 15.5. The number of anilines is 1. The van der Waals surface area contributed by atoms with Crippen LogP contribution < -0.4 is 10.2 Å². The molecule has 0 bridgehead atoms. The maximum atomic E-state index is 12.1. The van der Waals surface area contributed by atoms with Gasteiger partial charge in [0.15, 0.2) is 0 Å². The highest BCUT2D eigenvalue weighted by Crippen LogP contribution is 2.20. The van der Waals surface area contributed by atoms with Gasteiger partial charge in [-0.2, -0.15) is 5.26 Å². The molecule has 2 rings (SSSR count). The number of pyridine rings is 1. The lowest BCUT2D eigenvalue weighted by Gasteiger charge is -2.35. The van der Waals surface area contributed by atoms with Crippen LogP contribution >= 0.6 is 0 Å². The Morgan fingerprint density at radius 3 is 2.90 bits per heavy atom. The topological polar surface area (TPSA) is 69.0 Å². The molecular formula is C16H22N4O. The van der Waals surface area contributed by atoms with Crippen LogP contribution in [-0.4, -0.2) is 30.0 Å². The molecule has 0 radical (unpaired) electrons. The highest BCUT2D eigenvalue weighted by molar-refractivity contribution is 5.81. The minimum Gasteiger partial charge on any atom is -0.355 e. The molecule has 1 unspecified atom stereocenters. The van der Waals surface area contributed by atoms with Crippen LogP contribution in [0.5, 0.6) is 0 Å². The van der Waals surface area contributed by atoms with E-state index in [1.54, 1.807) is 6.07 Å². The molecule has 21 heavy (non-hydrogen) atoms. The van der Waals surface area contributed by atoms with E-state index in [-0.39, 0.29) is 17.4 Å². The van der Waals surface area contributed by atoms with E-state index in [0.29, 0.717) is 5.69 Å². The minimum atomic E-state index is -0.374. The number of hydrogen-bond donors (Lipinski definition) is 1. The first-order chi connectivity index (χ1) is 9.90. The van der Waals surface area contributed by atoms with Gasteiger partial charge in [-0.3, -0.25) is 4.79 Å². The van der Waals surface area contributed by atoms with Crippen LogP contribution in [0.3, 0.4) is 0 Å². The van der Waals surface area contributed by atoms with Crippen LogP contribution in [0.2, 0.25) is 0 Å². The lowest BCUT2D eigenvalue weighted by atomic mass is 9.94. The van der Waals surface area contributed by atoms with Gasteiger partial charge in [0.1, 0.15) is 17.6 Å². The smallest absolute Gasteiger partial charge is 0.225 e. The molecule has 1 atom stereocenters. The van der Waals surface area contributed by atoms with E-state index in [4.69, 9.17) is 5.26 Å². The molecule has 0 saturated carbocycles. The molecule has 1 aromatic heterocycles. The van der Waals surface area contributed by atoms with Gasteiger partial charge in [0.2, 0.25) is 5.91 Å². The third-order valence-electron chi connectivity index (χ3n) is 3.61. The fourth-order valence-corrected chi connectivity index (χ4v) is 2.37. The van der Waals surface area contributed by atoms with Gasteiger partial charge in [0.05, 0.1) is 0 Å². The number of aromatic nitrogens is 1. The first kappa shape index (κ1) is 15.3. The van der Waals surface area contributed by atoms with Crippen LogP contribution in [0.1, 0.15) is 39.3 Å². The summed E-state index contributed by atoms with van der Waals surface area (Å²) < 4.78 is 0. The molecule has 1 saturated heterocycles. The number of hydrogen-bond acceptors (Lipinski definition) is 4. The van der Waals surface area contributed by atoms with Crippen molar-refractivity contribution in [3.05, 3.63) is 23.9 Å². The van der Waals surface area contributed by atoms with Crippen LogP contribution in [0, 0.1) is 16.7 Å². The first-order valence-corrected chi connectivity index (χ1v) is 7.33. The maximum Gasteiger partial charge on any atom is 0.225 e. The number of nitrogens with one attached hydrogen (secondary N) is 1. The summed E-state index contributed by atoms with van der Waals surface area (Å²) in [7, 11) is 0. The van der Waals surface area contributed by atoms with Gasteiger partial charge in [-0.05, 0) is 25.0 Å². The second kappa shape index (κ2) is 6.13. The number of nitriles is 1. The Kier molecular flexibility index (Phi) is 4.46. The highest BCUT2D eigenvalue weighted by Gasteiger charge is 2.27. The molecular weight excluding hydrogens is 264 g/mol. The normalized spacial score (nSPS) is 19.0. The monoisotopic (exact) mass is 286 g/mol. The average Bonchev–Trinajstić information content (AvgIpc) is 2.46. The van der Waals surface area contributed by atoms with Gasteiger partial charge < -0.3 is 10.2 Å². The second-order valence-electron chi connectivity index (χ2n) is 6.50. The van der Waals surface area contributed by atoms with Gasteiger partial charge in [-0.1, -0.05) is 26.8 Å². The van der Waals surface area contributed by atoms with Crippen molar-refractivity contribution in [1.29, 1.82) is 5.26 Å². The summed E-state index contributed by atoms with van der Waals surface area (Å²) in [5, 5.41) is 12.0. The number of carbonyl (C=O) groups excluding carboxylic acids is 1. The number of amides is 1. The Hall–Kier alpha value is -2.09. The van der Waals surface area contributed by atoms with E-state index in [1.165, 1.54) is 0 Å². The zero-order valence-electron chi connectivity index (χ0n) is 12.9. The number of rotatable bonds is 2. The molecule has 1 fully saturated rings. The third kappa shape index (κ3) is 3.94. The fraction of sp³-hybridized carbons (Fsp3) is 0.562. The predicted octanol–water partition coefficient (Wildman–Crippen LogP) is 2.08. The molecule has 0 aliphatic carbocycles. The van der Waals surface area contributed by atoms with E-state index in [1.807, 2.05) is 32.9 Å². The fourth-order valence-electron chi connectivity index (χ4n) is 2.37. The molecule has 1 aromatic rings. The molecule has 1 aliphatic heterocycles. The van der Waals surface area contributed by atoms with Gasteiger partial charge in [-0.25, -0.2) is 4.98 Å². The molecule has 1 N–H and O–H groups in total. The molecule has 1 aliphatic rings. The van der Waals surface area contributed by atoms with Crippen LogP contribution in [0.15, 0.2) is 18.2 Å². The summed E-state index contributed by atoms with van der Waals surface area (Å²) in [6.07, 6.45) is 1.99. The van der Waals surface area contributed by atoms with E-state index in [2.05, 4.69) is 21.3 Å². The van der Waals surface area contributed by atoms with Crippen molar-refractivity contribution in [3.8, 4) is 6.07 Å². The SMILES string of the molecule is CC(C)(C)C(=O)NC1CCCN(c2cccc(C#N)n2)C1. The Morgan fingerprint density at radius 1 is 1.48 bits per heavy atom. The van der Waals surface area contributed by atoms with Crippen molar-refractivity contribution in [2.24, 2.45) is 5.41 Å². The van der Waals surface area contributed by atoms with Crippen molar-refractivity contribution in [1.82, 2.24) is 10.3 Å². The van der Waals surface area contributed by atoms with Crippen molar-refractivity contribution < 1.29 is 4.79 Å². The van der Waals surface area contributed by atoms with Crippen LogP contribution in [0.4, 0.5) is 5.82 Å². The van der Waals surface area contributed by atoms with E-state index in [9.17, 15) is 4.79 Å². The van der Waals surface area contributed by atoms with Crippen molar-refractivity contribution >= 4 is 11.7 Å². The standard InChI is InChI=1S/C16H22N4O/c1-16(2,3)15(21)19-13-7-5-9-20(11-13)14-8-4-6-12(10-17)18-14/h4,6,8,13H,5,7,9,11H2,1-3H3,(H,19,21). The van der Waals surface area contributed by atoms with Crippen molar-refractivity contribution in [2.75, 3.05) is 18.0 Å². The van der Waals surface area contributed by atoms with Gasteiger partial charge in [0, 0.05) is 24.5 Å². The molecule has 112 valence electrons. The minimum absolute atomic E-state index is 0.0769. The summed E-state index contributed by atoms with van der Waals surface area (Å²) >= 11 is 0. The van der Waals surface area contributed by atoms with E-state index in [0.717, 1.165) is 31.7 Å². The second-order valence-corrected chi connectivity index (χ2v) is 6.50. The largest absolute Gasteiger partial charge is 0.355 e. The van der Waals surface area contributed by atoms with Gasteiger partial charge in [0.25, 0.3) is 0 Å². The molecule has 0 aromatic carbocycles. The Bertz CT molecular complexity index is 556. The molecule has 5 heteroatoms. The first-order valence-electron chi connectivity index (χ1n) is 7.33. The molecule has 2 heterocycles. The maximum absolute atomic E-state index is 12.1. The van der Waals surface area contributed by atoms with Gasteiger partial charge in [-0.15, -0.1) is 0 Å². The predicted molar refractivity (Wildman–Crippen MR) is 81.8 cm³/mol. The van der Waals surface area contributed by atoms with Crippen molar-refractivity contribution in [2.45, 2.75) is 39.7 Å². The van der Waals surface area contributed by atoms with Crippen molar-refractivity contribution in [3.63, 3.8) is 0 Å². The number of nitrogens with zero attached hydrogens (tertiary/aromatic N) is 3. The molecule has 5 nitrogen and oxygen atoms in total. The summed E-state index contributed by atoms with van der Waals surface area (Å²) in [5.41, 5.74) is 0.0506. The Labute approximate surface area is 126 Å². The van der Waals surface area contributed by atoms with Crippen LogP contribution in [0.25, 0.3) is 0 Å². The van der Waals surface area contributed by atoms with Crippen LogP contribution in [-0.2, 0) is 4.79 Å². The average molecular weight is 286 g/mol. The number of carbonyl (C=O) groups is 1. The number of piperidine rings is 1. The zero-order valence-corrected chi connectivity index (χ0v) is 12.9. The summed E-state index contributed by atoms with van der Waals surface area (Å²) in [4.78, 5) is 18.6. The van der Waals surface area contributed by atoms with Gasteiger partial charge >= 0.3 is 0 Å². The lowest BCUT2D eigenvalue weighted by molar-refractivity contribution is -0.129. The third-order valence-corrected chi connectivity index (χ3v) is 3.61. The lowest BCUT2D eigenvalue weighted by Crippen LogP contribution is -2.50. The van der Waals surface area contributed by atoms with E-state index < -0.39 is 0 Å². The summed E-state index contributed by atoms with van der Waals surface area (Å²) in [6.45, 7) is 7.40. The summed E-state index contributed by atoms with van der Waals surface area (Å²) in [6, 6.07) is 7.66.